The van der Waals surface area contributed by atoms with E-state index in [1.54, 1.807) is 24.4 Å². The molecular weight excluding hydrogens is 314 g/mol. The molecule has 0 saturated heterocycles. The third-order valence-corrected chi connectivity index (χ3v) is 3.21. The van der Waals surface area contributed by atoms with Gasteiger partial charge in [-0.2, -0.15) is 4.57 Å². The number of nitrogens with one attached hydrogen (secondary N) is 1. The summed E-state index contributed by atoms with van der Waals surface area (Å²) >= 11 is 0. The largest absolute Gasteiger partial charge is 0.504 e. The molecule has 5 N–H and O–H groups in total. The Labute approximate surface area is 138 Å². The van der Waals surface area contributed by atoms with Gasteiger partial charge in [-0.05, 0) is 30.2 Å². The number of ether oxygens (including phenoxy) is 1. The first kappa shape index (κ1) is 17.1. The lowest BCUT2D eigenvalue weighted by Gasteiger charge is -2.06. The lowest BCUT2D eigenvalue weighted by molar-refractivity contribution is -0.727. The fourth-order valence-electron chi connectivity index (χ4n) is 1.97. The van der Waals surface area contributed by atoms with Gasteiger partial charge in [-0.1, -0.05) is 6.07 Å². The zero-order valence-corrected chi connectivity index (χ0v) is 12.8. The van der Waals surface area contributed by atoms with Crippen LogP contribution in [-0.2, 0) is 17.9 Å². The van der Waals surface area contributed by atoms with E-state index < -0.39 is 12.0 Å². The summed E-state index contributed by atoms with van der Waals surface area (Å²) < 4.78 is 6.53. The number of nitrogens with two attached hydrogens (primary N) is 1. The predicted octanol–water partition coefficient (Wildman–Crippen LogP) is 0.411. The highest BCUT2D eigenvalue weighted by Gasteiger charge is 2.10. The smallest absolute Gasteiger partial charge is 0.412 e. The van der Waals surface area contributed by atoms with Crippen LogP contribution in [0, 0.1) is 0 Å². The van der Waals surface area contributed by atoms with Crippen LogP contribution in [0.3, 0.4) is 0 Å². The van der Waals surface area contributed by atoms with Gasteiger partial charge in [0, 0.05) is 12.6 Å². The molecule has 126 valence electrons. The molecule has 0 spiro atoms. The number of carbonyl (C=O) groups excluding carboxylic acids is 2. The van der Waals surface area contributed by atoms with Crippen LogP contribution in [0.2, 0.25) is 0 Å². The van der Waals surface area contributed by atoms with Crippen LogP contribution >= 0.6 is 0 Å². The second-order valence-electron chi connectivity index (χ2n) is 5.03. The molecule has 8 nitrogen and oxygen atoms in total. The van der Waals surface area contributed by atoms with Gasteiger partial charge in [0.1, 0.15) is 5.56 Å². The van der Waals surface area contributed by atoms with Crippen LogP contribution in [-0.4, -0.2) is 28.8 Å². The highest BCUT2D eigenvalue weighted by atomic mass is 16.6. The van der Waals surface area contributed by atoms with Crippen molar-refractivity contribution in [3.63, 3.8) is 0 Å². The molecule has 0 bridgehead atoms. The number of carbonyl (C=O) groups is 2. The molecule has 2 rings (SSSR count). The zero-order valence-electron chi connectivity index (χ0n) is 12.8. The Morgan fingerprint density at radius 1 is 1.21 bits per heavy atom. The predicted molar refractivity (Wildman–Crippen MR) is 83.1 cm³/mol. The quantitative estimate of drug-likeness (QED) is 0.450. The number of aromatic hydroxyl groups is 2. The number of pyridine rings is 1. The molecule has 0 aliphatic rings. The van der Waals surface area contributed by atoms with Gasteiger partial charge in [0.15, 0.2) is 23.9 Å². The van der Waals surface area contributed by atoms with Gasteiger partial charge < -0.3 is 26.0 Å². The van der Waals surface area contributed by atoms with Crippen LogP contribution in [0.5, 0.6) is 11.5 Å². The summed E-state index contributed by atoms with van der Waals surface area (Å²) in [5, 5.41) is 21.2. The normalized spacial score (nSPS) is 10.2. The van der Waals surface area contributed by atoms with Gasteiger partial charge in [0.05, 0.1) is 0 Å². The monoisotopic (exact) mass is 332 g/mol. The highest BCUT2D eigenvalue weighted by molar-refractivity contribution is 5.92. The summed E-state index contributed by atoms with van der Waals surface area (Å²) in [6, 6.07) is 7.64. The Kier molecular flexibility index (Phi) is 5.56. The molecule has 1 heterocycles. The van der Waals surface area contributed by atoms with Crippen LogP contribution in [0.1, 0.15) is 15.9 Å². The first-order valence-corrected chi connectivity index (χ1v) is 7.16. The number of hydrogen-bond donors (Lipinski definition) is 4. The van der Waals surface area contributed by atoms with E-state index in [1.807, 2.05) is 0 Å². The second kappa shape index (κ2) is 7.82. The summed E-state index contributed by atoms with van der Waals surface area (Å²) in [5.41, 5.74) is 6.25. The van der Waals surface area contributed by atoms with Crippen molar-refractivity contribution in [1.29, 1.82) is 0 Å². The number of benzene rings is 1. The van der Waals surface area contributed by atoms with Crippen molar-refractivity contribution in [3.05, 3.63) is 53.9 Å². The van der Waals surface area contributed by atoms with Gasteiger partial charge in [-0.25, -0.2) is 4.79 Å². The number of hydrogen-bond acceptors (Lipinski definition) is 5. The molecule has 2 aromatic rings. The number of nitrogens with zero attached hydrogens (tertiary/aromatic N) is 1. The van der Waals surface area contributed by atoms with Crippen molar-refractivity contribution >= 4 is 12.0 Å². The minimum atomic E-state index is -0.616. The molecule has 0 aliphatic carbocycles. The molecular formula is C16H18N3O5+. The summed E-state index contributed by atoms with van der Waals surface area (Å²) in [4.78, 5) is 22.7. The van der Waals surface area contributed by atoms with Gasteiger partial charge in [-0.3, -0.25) is 4.79 Å². The number of aromatic nitrogens is 1. The minimum absolute atomic E-state index is 0.0625. The third-order valence-electron chi connectivity index (χ3n) is 3.21. The highest BCUT2D eigenvalue weighted by Crippen LogP contribution is 2.24. The topological polar surface area (TPSA) is 126 Å². The lowest BCUT2D eigenvalue weighted by atomic mass is 10.1. The van der Waals surface area contributed by atoms with E-state index in [1.165, 1.54) is 22.9 Å². The van der Waals surface area contributed by atoms with Gasteiger partial charge in [0.25, 0.3) is 12.6 Å². The van der Waals surface area contributed by atoms with Crippen LogP contribution in [0.4, 0.5) is 4.79 Å². The summed E-state index contributed by atoms with van der Waals surface area (Å²) in [7, 11) is 0. The van der Waals surface area contributed by atoms with E-state index in [2.05, 4.69) is 5.32 Å². The number of amides is 2. The molecule has 0 atom stereocenters. The van der Waals surface area contributed by atoms with Crippen molar-refractivity contribution in [2.75, 3.05) is 6.54 Å². The van der Waals surface area contributed by atoms with Crippen molar-refractivity contribution in [2.24, 2.45) is 5.73 Å². The average Bonchev–Trinajstić information content (AvgIpc) is 2.56. The summed E-state index contributed by atoms with van der Waals surface area (Å²) in [5.74, 6) is -0.965. The van der Waals surface area contributed by atoms with Gasteiger partial charge in [0.2, 0.25) is 0 Å². The SMILES string of the molecule is NC(=O)c1ccc[n+](COC(=O)NCCc2ccc(O)c(O)c2)c1. The Hall–Kier alpha value is -3.29. The minimum Gasteiger partial charge on any atom is -0.504 e. The van der Waals surface area contributed by atoms with Crippen molar-refractivity contribution in [2.45, 2.75) is 13.2 Å². The number of phenolic OH excluding ortho intramolecular Hbond substituents is 2. The Morgan fingerprint density at radius 3 is 2.71 bits per heavy atom. The molecule has 1 aromatic heterocycles. The molecule has 0 fully saturated rings. The standard InChI is InChI=1S/C16H17N3O5/c17-15(22)12-2-1-7-19(9-12)10-24-16(23)18-6-5-11-3-4-13(20)14(21)8-11/h1-4,7-9H,5-6,10H2,(H4-,17,18,20,21,22,23)/p+1. The molecule has 2 amide bonds. The van der Waals surface area contributed by atoms with E-state index in [4.69, 9.17) is 10.5 Å². The molecule has 0 unspecified atom stereocenters. The third kappa shape index (κ3) is 4.87. The maximum Gasteiger partial charge on any atom is 0.412 e. The van der Waals surface area contributed by atoms with E-state index in [9.17, 15) is 19.8 Å². The molecule has 1 aromatic carbocycles. The van der Waals surface area contributed by atoms with Crippen molar-refractivity contribution in [1.82, 2.24) is 5.32 Å². The lowest BCUT2D eigenvalue weighted by Crippen LogP contribution is -2.39. The van der Waals surface area contributed by atoms with E-state index in [-0.39, 0.29) is 18.2 Å². The first-order valence-electron chi connectivity index (χ1n) is 7.16. The Balaban J connectivity index is 1.76. The maximum absolute atomic E-state index is 11.6. The van der Waals surface area contributed by atoms with Crippen molar-refractivity contribution < 1.29 is 29.1 Å². The van der Waals surface area contributed by atoms with E-state index in [0.717, 1.165) is 5.56 Å². The average molecular weight is 332 g/mol. The van der Waals surface area contributed by atoms with Crippen LogP contribution in [0.15, 0.2) is 42.7 Å². The molecule has 8 heteroatoms. The fourth-order valence-corrected chi connectivity index (χ4v) is 1.97. The van der Waals surface area contributed by atoms with Crippen molar-refractivity contribution in [3.8, 4) is 11.5 Å². The zero-order chi connectivity index (χ0) is 17.5. The van der Waals surface area contributed by atoms with Crippen LogP contribution in [0.25, 0.3) is 0 Å². The summed E-state index contributed by atoms with van der Waals surface area (Å²) in [6.07, 6.45) is 2.97. The summed E-state index contributed by atoms with van der Waals surface area (Å²) in [6.45, 7) is 0.238. The van der Waals surface area contributed by atoms with E-state index >= 15 is 0 Å². The maximum atomic E-state index is 11.6. The molecule has 0 radical (unpaired) electrons. The number of rotatable bonds is 6. The van der Waals surface area contributed by atoms with E-state index in [0.29, 0.717) is 18.5 Å². The first-order chi connectivity index (χ1) is 11.5. The Bertz CT molecular complexity index is 748. The van der Waals surface area contributed by atoms with Crippen LogP contribution < -0.4 is 15.6 Å². The van der Waals surface area contributed by atoms with Gasteiger partial charge in [-0.15, -0.1) is 0 Å². The fraction of sp³-hybridized carbons (Fsp3) is 0.188. The number of alkyl carbamates (subject to hydrolysis) is 1. The van der Waals surface area contributed by atoms with Gasteiger partial charge >= 0.3 is 6.09 Å². The number of primary amides is 1. The number of phenols is 2. The molecule has 24 heavy (non-hydrogen) atoms. The second-order valence-corrected chi connectivity index (χ2v) is 5.03. The molecule has 0 saturated carbocycles. The molecule has 0 aliphatic heterocycles. The Morgan fingerprint density at radius 2 is 2.00 bits per heavy atom.